The summed E-state index contributed by atoms with van der Waals surface area (Å²) in [5.74, 6) is 0.563. The first-order valence-electron chi connectivity index (χ1n) is 8.70. The molecule has 4 atom stereocenters. The molecule has 4 heterocycles. The number of hydrogen-bond donors (Lipinski definition) is 3. The second-order valence-corrected chi connectivity index (χ2v) is 7.09. The molecule has 4 aromatic rings. The maximum absolute atomic E-state index is 10.6. The van der Waals surface area contributed by atoms with Gasteiger partial charge >= 0.3 is 0 Å². The molecule has 1 aliphatic heterocycles. The van der Waals surface area contributed by atoms with E-state index in [0.29, 0.717) is 33.0 Å². The van der Waals surface area contributed by atoms with Crippen molar-refractivity contribution in [2.24, 2.45) is 0 Å². The molecule has 144 valence electrons. The number of nitrogens with zero attached hydrogens (tertiary/aromatic N) is 3. The van der Waals surface area contributed by atoms with Crippen molar-refractivity contribution in [3.63, 3.8) is 0 Å². The highest BCUT2D eigenvalue weighted by molar-refractivity contribution is 6.32. The van der Waals surface area contributed by atoms with Crippen molar-refractivity contribution >= 4 is 33.5 Å². The summed E-state index contributed by atoms with van der Waals surface area (Å²) in [6.45, 7) is -0.412. The van der Waals surface area contributed by atoms with Crippen LogP contribution in [-0.4, -0.2) is 54.8 Å². The van der Waals surface area contributed by atoms with E-state index in [-0.39, 0.29) is 0 Å². The number of aliphatic hydroxyl groups is 3. The molecule has 5 rings (SSSR count). The van der Waals surface area contributed by atoms with Crippen LogP contribution in [0.15, 0.2) is 47.3 Å². The Balaban J connectivity index is 1.84. The average molecular weight is 402 g/mol. The van der Waals surface area contributed by atoms with E-state index >= 15 is 0 Å². The highest BCUT2D eigenvalue weighted by atomic mass is 35.5. The third-order valence-electron chi connectivity index (χ3n) is 5.07. The summed E-state index contributed by atoms with van der Waals surface area (Å²) in [4.78, 5) is 8.79. The fourth-order valence-corrected chi connectivity index (χ4v) is 3.96. The maximum Gasteiger partial charge on any atom is 0.165 e. The van der Waals surface area contributed by atoms with Crippen LogP contribution in [0.1, 0.15) is 6.23 Å². The van der Waals surface area contributed by atoms with Crippen molar-refractivity contribution in [2.45, 2.75) is 24.5 Å². The van der Waals surface area contributed by atoms with E-state index in [0.717, 1.165) is 5.39 Å². The van der Waals surface area contributed by atoms with Gasteiger partial charge in [-0.05, 0) is 30.3 Å². The molecule has 0 radical (unpaired) electrons. The molecule has 3 aromatic heterocycles. The third kappa shape index (κ3) is 2.47. The lowest BCUT2D eigenvalue weighted by molar-refractivity contribution is -0.0489. The Labute approximate surface area is 163 Å². The minimum Gasteiger partial charge on any atom is -0.463 e. The van der Waals surface area contributed by atoms with Gasteiger partial charge in [-0.15, -0.1) is 0 Å². The molecule has 1 aliphatic rings. The van der Waals surface area contributed by atoms with Crippen molar-refractivity contribution in [3.8, 4) is 11.5 Å². The molecule has 1 saturated heterocycles. The molecule has 0 bridgehead atoms. The van der Waals surface area contributed by atoms with Gasteiger partial charge in [0.25, 0.3) is 0 Å². The Morgan fingerprint density at radius 2 is 2.00 bits per heavy atom. The standard InChI is InChI=1S/C19H16ClN3O5/c20-9-3-4-11-10(6-9)14-15(12-2-1-5-27-12)21-8-22-18(14)23(11)19-17(26)16(25)13(7-24)28-19/h1-6,8,13,16-17,19,24-26H,7H2/t13-,16-,17-,19-/m1/s1. The number of halogens is 1. The Morgan fingerprint density at radius 3 is 2.71 bits per heavy atom. The van der Waals surface area contributed by atoms with E-state index in [1.165, 1.54) is 6.33 Å². The van der Waals surface area contributed by atoms with Gasteiger partial charge in [0.2, 0.25) is 0 Å². The number of ether oxygens (including phenoxy) is 1. The molecule has 0 unspecified atom stereocenters. The largest absolute Gasteiger partial charge is 0.463 e. The summed E-state index contributed by atoms with van der Waals surface area (Å²) < 4.78 is 13.0. The summed E-state index contributed by atoms with van der Waals surface area (Å²) >= 11 is 6.24. The Bertz CT molecular complexity index is 1160. The minimum atomic E-state index is -1.24. The zero-order valence-corrected chi connectivity index (χ0v) is 15.2. The summed E-state index contributed by atoms with van der Waals surface area (Å²) in [7, 11) is 0. The zero-order chi connectivity index (χ0) is 19.4. The van der Waals surface area contributed by atoms with Gasteiger partial charge < -0.3 is 24.5 Å². The molecular weight excluding hydrogens is 386 g/mol. The second kappa shape index (κ2) is 6.54. The Hall–Kier alpha value is -2.49. The summed E-state index contributed by atoms with van der Waals surface area (Å²) in [6, 6.07) is 8.86. The molecule has 28 heavy (non-hydrogen) atoms. The van der Waals surface area contributed by atoms with E-state index in [1.54, 1.807) is 41.2 Å². The Kier molecular flexibility index (Phi) is 4.11. The lowest BCUT2D eigenvalue weighted by Crippen LogP contribution is -2.33. The maximum atomic E-state index is 10.6. The number of hydrogen-bond acceptors (Lipinski definition) is 7. The van der Waals surface area contributed by atoms with E-state index in [9.17, 15) is 15.3 Å². The minimum absolute atomic E-state index is 0.412. The predicted octanol–water partition coefficient (Wildman–Crippen LogP) is 2.11. The number of rotatable bonds is 3. The van der Waals surface area contributed by atoms with Gasteiger partial charge in [-0.2, -0.15) is 0 Å². The van der Waals surface area contributed by atoms with Crippen molar-refractivity contribution < 1.29 is 24.5 Å². The van der Waals surface area contributed by atoms with Crippen LogP contribution in [0.25, 0.3) is 33.4 Å². The quantitative estimate of drug-likeness (QED) is 0.481. The summed E-state index contributed by atoms with van der Waals surface area (Å²) in [6.07, 6.45) is -1.34. The monoisotopic (exact) mass is 401 g/mol. The van der Waals surface area contributed by atoms with E-state index in [1.807, 2.05) is 0 Å². The van der Waals surface area contributed by atoms with Crippen molar-refractivity contribution in [3.05, 3.63) is 47.9 Å². The van der Waals surface area contributed by atoms with Crippen LogP contribution < -0.4 is 0 Å². The van der Waals surface area contributed by atoms with Crippen molar-refractivity contribution in [2.75, 3.05) is 6.61 Å². The molecule has 0 amide bonds. The van der Waals surface area contributed by atoms with Gasteiger partial charge in [0.05, 0.1) is 23.8 Å². The van der Waals surface area contributed by atoms with Crippen molar-refractivity contribution in [1.29, 1.82) is 0 Å². The van der Waals surface area contributed by atoms with Crippen LogP contribution in [0.5, 0.6) is 0 Å². The third-order valence-corrected chi connectivity index (χ3v) is 5.30. The van der Waals surface area contributed by atoms with Gasteiger partial charge in [0.1, 0.15) is 36.0 Å². The topological polar surface area (TPSA) is 114 Å². The number of benzene rings is 1. The van der Waals surface area contributed by atoms with Crippen molar-refractivity contribution in [1.82, 2.24) is 14.5 Å². The van der Waals surface area contributed by atoms with Gasteiger partial charge in [0, 0.05) is 10.4 Å². The van der Waals surface area contributed by atoms with E-state index in [4.69, 9.17) is 20.8 Å². The number of furan rings is 1. The lowest BCUT2D eigenvalue weighted by atomic mass is 10.1. The molecule has 0 aliphatic carbocycles. The fraction of sp³-hybridized carbons (Fsp3) is 0.263. The molecule has 8 nitrogen and oxygen atoms in total. The van der Waals surface area contributed by atoms with Crippen LogP contribution >= 0.6 is 11.6 Å². The predicted molar refractivity (Wildman–Crippen MR) is 101 cm³/mol. The first-order valence-corrected chi connectivity index (χ1v) is 9.08. The molecular formula is C19H16ClN3O5. The Morgan fingerprint density at radius 1 is 1.14 bits per heavy atom. The molecule has 9 heteroatoms. The van der Waals surface area contributed by atoms with Crippen LogP contribution in [0.2, 0.25) is 5.02 Å². The highest BCUT2D eigenvalue weighted by Crippen LogP contribution is 2.40. The molecule has 3 N–H and O–H groups in total. The first kappa shape index (κ1) is 17.6. The highest BCUT2D eigenvalue weighted by Gasteiger charge is 2.44. The van der Waals surface area contributed by atoms with Crippen LogP contribution in [0.3, 0.4) is 0 Å². The van der Waals surface area contributed by atoms with Gasteiger partial charge in [0.15, 0.2) is 12.0 Å². The second-order valence-electron chi connectivity index (χ2n) is 6.66. The van der Waals surface area contributed by atoms with Gasteiger partial charge in [-0.25, -0.2) is 9.97 Å². The van der Waals surface area contributed by atoms with Crippen LogP contribution in [0.4, 0.5) is 0 Å². The average Bonchev–Trinajstić information content (AvgIpc) is 3.40. The van der Waals surface area contributed by atoms with Crippen LogP contribution in [0, 0.1) is 0 Å². The first-order chi connectivity index (χ1) is 13.6. The van der Waals surface area contributed by atoms with Crippen LogP contribution in [-0.2, 0) is 4.74 Å². The normalized spacial score (nSPS) is 25.1. The number of aromatic nitrogens is 3. The molecule has 1 aromatic carbocycles. The molecule has 0 spiro atoms. The molecule has 0 saturated carbocycles. The van der Waals surface area contributed by atoms with E-state index < -0.39 is 31.1 Å². The summed E-state index contributed by atoms with van der Waals surface area (Å²) in [5, 5.41) is 32.2. The van der Waals surface area contributed by atoms with E-state index in [2.05, 4.69) is 9.97 Å². The van der Waals surface area contributed by atoms with Gasteiger partial charge in [-0.1, -0.05) is 11.6 Å². The van der Waals surface area contributed by atoms with Gasteiger partial charge in [-0.3, -0.25) is 4.57 Å². The number of fused-ring (bicyclic) bond motifs is 3. The number of aliphatic hydroxyl groups excluding tert-OH is 3. The summed E-state index contributed by atoms with van der Waals surface area (Å²) in [5.41, 5.74) is 1.77. The fourth-order valence-electron chi connectivity index (χ4n) is 3.79. The molecule has 1 fully saturated rings. The lowest BCUT2D eigenvalue weighted by Gasteiger charge is -2.18. The zero-order valence-electron chi connectivity index (χ0n) is 14.4. The smallest absolute Gasteiger partial charge is 0.165 e. The SMILES string of the molecule is OC[C@H]1O[C@@H](n2c3ccc(Cl)cc3c3c(-c4ccco4)ncnc32)[C@H](O)[C@@H]1O.